The van der Waals surface area contributed by atoms with Gasteiger partial charge in [0.25, 0.3) is 0 Å². The fourth-order valence-electron chi connectivity index (χ4n) is 1.37. The predicted molar refractivity (Wildman–Crippen MR) is 66.0 cm³/mol. The molecular formula is C14H16O3. The molecule has 0 radical (unpaired) electrons. The van der Waals surface area contributed by atoms with Gasteiger partial charge < -0.3 is 4.74 Å². The van der Waals surface area contributed by atoms with E-state index < -0.39 is 5.97 Å². The molecule has 0 unspecified atom stereocenters. The molecule has 0 bridgehead atoms. The van der Waals surface area contributed by atoms with Gasteiger partial charge in [-0.05, 0) is 32.4 Å². The standard InChI is InChI=1S/C14H16O3/c1-9(2)14(16)17-8-13(15)12-7-10(3)5-6-11(12)4/h5-7H,1,8H2,2-4H3. The average molecular weight is 232 g/mol. The number of rotatable bonds is 4. The molecule has 1 aromatic rings. The lowest BCUT2D eigenvalue weighted by molar-refractivity contribution is -0.137. The lowest BCUT2D eigenvalue weighted by atomic mass is 10.0. The first-order valence-corrected chi connectivity index (χ1v) is 5.35. The van der Waals surface area contributed by atoms with E-state index in [0.29, 0.717) is 11.1 Å². The van der Waals surface area contributed by atoms with Gasteiger partial charge in [0.2, 0.25) is 5.78 Å². The van der Waals surface area contributed by atoms with E-state index in [0.717, 1.165) is 11.1 Å². The molecule has 1 aromatic carbocycles. The van der Waals surface area contributed by atoms with E-state index >= 15 is 0 Å². The number of hydrogen-bond donors (Lipinski definition) is 0. The number of carbonyl (C=O) groups excluding carboxylic acids is 2. The molecule has 0 atom stereocenters. The third-order valence-corrected chi connectivity index (χ3v) is 2.38. The van der Waals surface area contributed by atoms with Crippen molar-refractivity contribution in [2.75, 3.05) is 6.61 Å². The van der Waals surface area contributed by atoms with E-state index in [9.17, 15) is 9.59 Å². The minimum Gasteiger partial charge on any atom is -0.454 e. The van der Waals surface area contributed by atoms with E-state index in [-0.39, 0.29) is 12.4 Å². The van der Waals surface area contributed by atoms with Crippen LogP contribution >= 0.6 is 0 Å². The van der Waals surface area contributed by atoms with Crippen LogP contribution in [-0.4, -0.2) is 18.4 Å². The van der Waals surface area contributed by atoms with Crippen molar-refractivity contribution in [2.24, 2.45) is 0 Å². The zero-order valence-electron chi connectivity index (χ0n) is 10.4. The van der Waals surface area contributed by atoms with Gasteiger partial charge in [-0.2, -0.15) is 0 Å². The molecule has 0 spiro atoms. The molecule has 0 aliphatic rings. The van der Waals surface area contributed by atoms with Gasteiger partial charge in [0.15, 0.2) is 6.61 Å². The van der Waals surface area contributed by atoms with Crippen molar-refractivity contribution < 1.29 is 14.3 Å². The smallest absolute Gasteiger partial charge is 0.333 e. The van der Waals surface area contributed by atoms with Crippen molar-refractivity contribution in [3.8, 4) is 0 Å². The molecule has 3 heteroatoms. The summed E-state index contributed by atoms with van der Waals surface area (Å²) in [4.78, 5) is 23.0. The van der Waals surface area contributed by atoms with Crippen LogP contribution in [0.4, 0.5) is 0 Å². The SMILES string of the molecule is C=C(C)C(=O)OCC(=O)c1cc(C)ccc1C. The summed E-state index contributed by atoms with van der Waals surface area (Å²) in [6, 6.07) is 5.61. The summed E-state index contributed by atoms with van der Waals surface area (Å²) in [5.41, 5.74) is 2.77. The van der Waals surface area contributed by atoms with Gasteiger partial charge in [0.1, 0.15) is 0 Å². The van der Waals surface area contributed by atoms with Crippen LogP contribution in [0.25, 0.3) is 0 Å². The molecule has 0 heterocycles. The Kier molecular flexibility index (Phi) is 4.21. The molecule has 17 heavy (non-hydrogen) atoms. The molecule has 0 aromatic heterocycles. The summed E-state index contributed by atoms with van der Waals surface area (Å²) >= 11 is 0. The maximum absolute atomic E-state index is 11.8. The highest BCUT2D eigenvalue weighted by molar-refractivity contribution is 6.00. The highest BCUT2D eigenvalue weighted by atomic mass is 16.5. The Labute approximate surface area is 101 Å². The second-order valence-electron chi connectivity index (χ2n) is 4.10. The summed E-state index contributed by atoms with van der Waals surface area (Å²) in [6.07, 6.45) is 0. The first kappa shape index (κ1) is 13.2. The molecule has 0 N–H and O–H groups in total. The Balaban J connectivity index is 2.74. The van der Waals surface area contributed by atoms with Crippen molar-refractivity contribution in [3.63, 3.8) is 0 Å². The summed E-state index contributed by atoms with van der Waals surface area (Å²) in [5, 5.41) is 0. The summed E-state index contributed by atoms with van der Waals surface area (Å²) in [6.45, 7) is 8.53. The fourth-order valence-corrected chi connectivity index (χ4v) is 1.37. The molecule has 0 fully saturated rings. The number of hydrogen-bond acceptors (Lipinski definition) is 3. The number of Topliss-reactive ketones (excluding diaryl/α,β-unsaturated/α-hetero) is 1. The summed E-state index contributed by atoms with van der Waals surface area (Å²) in [5.74, 6) is -0.732. The van der Waals surface area contributed by atoms with Gasteiger partial charge in [-0.1, -0.05) is 24.3 Å². The van der Waals surface area contributed by atoms with E-state index in [2.05, 4.69) is 6.58 Å². The number of ketones is 1. The zero-order chi connectivity index (χ0) is 13.0. The van der Waals surface area contributed by atoms with Gasteiger partial charge in [0, 0.05) is 11.1 Å². The second-order valence-corrected chi connectivity index (χ2v) is 4.10. The quantitative estimate of drug-likeness (QED) is 0.455. The number of esters is 1. The van der Waals surface area contributed by atoms with Crippen LogP contribution in [-0.2, 0) is 9.53 Å². The van der Waals surface area contributed by atoms with Crippen molar-refractivity contribution in [1.82, 2.24) is 0 Å². The van der Waals surface area contributed by atoms with E-state index in [1.54, 1.807) is 13.0 Å². The first-order chi connectivity index (χ1) is 7.91. The minimum absolute atomic E-state index is 0.194. The van der Waals surface area contributed by atoms with Gasteiger partial charge in [-0.15, -0.1) is 0 Å². The normalized spacial score (nSPS) is 9.82. The molecular weight excluding hydrogens is 216 g/mol. The molecule has 1 rings (SSSR count). The van der Waals surface area contributed by atoms with Gasteiger partial charge in [-0.25, -0.2) is 4.79 Å². The average Bonchev–Trinajstić information content (AvgIpc) is 2.28. The number of benzene rings is 1. The van der Waals surface area contributed by atoms with Crippen LogP contribution in [0.15, 0.2) is 30.4 Å². The van der Waals surface area contributed by atoms with Crippen molar-refractivity contribution in [2.45, 2.75) is 20.8 Å². The van der Waals surface area contributed by atoms with E-state index in [4.69, 9.17) is 4.74 Å². The lowest BCUT2D eigenvalue weighted by Crippen LogP contribution is -2.15. The largest absolute Gasteiger partial charge is 0.454 e. The Hall–Kier alpha value is -1.90. The molecule has 0 aliphatic heterocycles. The van der Waals surface area contributed by atoms with Crippen molar-refractivity contribution in [1.29, 1.82) is 0 Å². The summed E-state index contributed by atoms with van der Waals surface area (Å²) < 4.78 is 4.83. The molecule has 90 valence electrons. The third-order valence-electron chi connectivity index (χ3n) is 2.38. The highest BCUT2D eigenvalue weighted by Crippen LogP contribution is 2.11. The van der Waals surface area contributed by atoms with Crippen molar-refractivity contribution in [3.05, 3.63) is 47.0 Å². The third kappa shape index (κ3) is 3.55. The lowest BCUT2D eigenvalue weighted by Gasteiger charge is -2.07. The Morgan fingerprint density at radius 2 is 1.94 bits per heavy atom. The molecule has 3 nitrogen and oxygen atoms in total. The molecule has 0 amide bonds. The van der Waals surface area contributed by atoms with Crippen LogP contribution in [0.3, 0.4) is 0 Å². The maximum Gasteiger partial charge on any atom is 0.333 e. The first-order valence-electron chi connectivity index (χ1n) is 5.35. The van der Waals surface area contributed by atoms with Crippen LogP contribution < -0.4 is 0 Å². The van der Waals surface area contributed by atoms with E-state index in [1.165, 1.54) is 0 Å². The van der Waals surface area contributed by atoms with Crippen LogP contribution in [0.2, 0.25) is 0 Å². The molecule has 0 aliphatic carbocycles. The highest BCUT2D eigenvalue weighted by Gasteiger charge is 2.12. The second kappa shape index (κ2) is 5.43. The minimum atomic E-state index is -0.538. The monoisotopic (exact) mass is 232 g/mol. The Bertz CT molecular complexity index is 472. The molecule has 0 saturated carbocycles. The van der Waals surface area contributed by atoms with Crippen LogP contribution in [0.5, 0.6) is 0 Å². The van der Waals surface area contributed by atoms with Gasteiger partial charge in [0.05, 0.1) is 0 Å². The Morgan fingerprint density at radius 1 is 1.29 bits per heavy atom. The molecule has 0 saturated heterocycles. The van der Waals surface area contributed by atoms with Crippen LogP contribution in [0, 0.1) is 13.8 Å². The van der Waals surface area contributed by atoms with Crippen LogP contribution in [0.1, 0.15) is 28.4 Å². The zero-order valence-corrected chi connectivity index (χ0v) is 10.4. The topological polar surface area (TPSA) is 43.4 Å². The summed E-state index contributed by atoms with van der Waals surface area (Å²) in [7, 11) is 0. The number of aryl methyl sites for hydroxylation is 2. The van der Waals surface area contributed by atoms with Gasteiger partial charge >= 0.3 is 5.97 Å². The van der Waals surface area contributed by atoms with Gasteiger partial charge in [-0.3, -0.25) is 4.79 Å². The fraction of sp³-hybridized carbons (Fsp3) is 0.286. The number of carbonyl (C=O) groups is 2. The predicted octanol–water partition coefficient (Wildman–Crippen LogP) is 2.61. The Morgan fingerprint density at radius 3 is 2.53 bits per heavy atom. The maximum atomic E-state index is 11.8. The number of ether oxygens (including phenoxy) is 1. The van der Waals surface area contributed by atoms with E-state index in [1.807, 2.05) is 26.0 Å². The van der Waals surface area contributed by atoms with Crippen molar-refractivity contribution >= 4 is 11.8 Å².